The van der Waals surface area contributed by atoms with Gasteiger partial charge in [0.25, 0.3) is 0 Å². The first-order valence-electron chi connectivity index (χ1n) is 2.32. The lowest BCUT2D eigenvalue weighted by atomic mass is 10.5. The van der Waals surface area contributed by atoms with E-state index in [4.69, 9.17) is 9.79 Å². The first-order chi connectivity index (χ1) is 3.91. The molecule has 54 valence electrons. The molecule has 1 aliphatic heterocycles. The molecule has 0 amide bonds. The number of hydrogen-bond acceptors (Lipinski definition) is 3. The number of epoxide rings is 1. The van der Waals surface area contributed by atoms with Crippen LogP contribution in [-0.4, -0.2) is 22.2 Å². The van der Waals surface area contributed by atoms with Gasteiger partial charge in [-0.25, -0.2) is 4.57 Å². The second-order valence-corrected chi connectivity index (χ2v) is 3.17. The molecule has 9 heavy (non-hydrogen) atoms. The van der Waals surface area contributed by atoms with Gasteiger partial charge in [0, 0.05) is 0 Å². The van der Waals surface area contributed by atoms with E-state index in [1.165, 1.54) is 6.92 Å². The molecule has 0 aromatic rings. The Hall–Kier alpha value is 0.0700. The number of phosphoric acid groups is 1. The van der Waals surface area contributed by atoms with E-state index in [-0.39, 0.29) is 6.61 Å². The maximum absolute atomic E-state index is 10.1. The molecule has 5 nitrogen and oxygen atoms in total. The van der Waals surface area contributed by atoms with Crippen LogP contribution in [0.15, 0.2) is 0 Å². The van der Waals surface area contributed by atoms with Crippen LogP contribution in [0.3, 0.4) is 0 Å². The molecule has 6 heteroatoms. The van der Waals surface area contributed by atoms with E-state index in [2.05, 4.69) is 9.26 Å². The van der Waals surface area contributed by atoms with Gasteiger partial charge in [0.2, 0.25) is 5.79 Å². The molecule has 0 bridgehead atoms. The molecule has 0 radical (unpaired) electrons. The van der Waals surface area contributed by atoms with Crippen molar-refractivity contribution in [2.45, 2.75) is 12.7 Å². The number of ether oxygens (including phenoxy) is 1. The topological polar surface area (TPSA) is 79.3 Å². The maximum Gasteiger partial charge on any atom is 0.472 e. The normalized spacial score (nSPS) is 34.6. The molecular weight excluding hydrogens is 147 g/mol. The van der Waals surface area contributed by atoms with Crippen LogP contribution in [0.2, 0.25) is 0 Å². The summed E-state index contributed by atoms with van der Waals surface area (Å²) in [6, 6.07) is 0. The van der Waals surface area contributed by atoms with Crippen LogP contribution in [0.1, 0.15) is 6.92 Å². The summed E-state index contributed by atoms with van der Waals surface area (Å²) in [5.74, 6) is -1.03. The molecule has 1 saturated heterocycles. The Balaban J connectivity index is 2.43. The molecule has 1 fully saturated rings. The largest absolute Gasteiger partial charge is 0.472 e. The predicted octanol–water partition coefficient (Wildman–Crippen LogP) is -0.158. The fourth-order valence-electron chi connectivity index (χ4n) is 0.406. The van der Waals surface area contributed by atoms with Gasteiger partial charge in [0.1, 0.15) is 6.61 Å². The Labute approximate surface area is 51.8 Å². The summed E-state index contributed by atoms with van der Waals surface area (Å²) >= 11 is 0. The Morgan fingerprint density at radius 3 is 2.33 bits per heavy atom. The van der Waals surface area contributed by atoms with Crippen LogP contribution in [0.5, 0.6) is 0 Å². The summed E-state index contributed by atoms with van der Waals surface area (Å²) in [6.45, 7) is 1.71. The van der Waals surface area contributed by atoms with Gasteiger partial charge in [0.15, 0.2) is 0 Å². The van der Waals surface area contributed by atoms with Crippen molar-refractivity contribution in [3.8, 4) is 0 Å². The third-order valence-electron chi connectivity index (χ3n) is 0.863. The van der Waals surface area contributed by atoms with Gasteiger partial charge < -0.3 is 14.5 Å². The van der Waals surface area contributed by atoms with Gasteiger partial charge in [-0.05, 0) is 6.92 Å². The minimum Gasteiger partial charge on any atom is -0.342 e. The van der Waals surface area contributed by atoms with E-state index < -0.39 is 13.6 Å². The van der Waals surface area contributed by atoms with Gasteiger partial charge in [-0.3, -0.25) is 4.52 Å². The summed E-state index contributed by atoms with van der Waals surface area (Å²) in [5, 5.41) is 0. The van der Waals surface area contributed by atoms with E-state index in [1.807, 2.05) is 0 Å². The molecule has 0 saturated carbocycles. The van der Waals surface area contributed by atoms with Crippen molar-refractivity contribution >= 4 is 7.82 Å². The molecule has 0 aromatic heterocycles. The molecule has 0 aromatic carbocycles. The zero-order chi connectivity index (χ0) is 7.12. The molecular formula is C3H7O5P. The number of hydrogen-bond donors (Lipinski definition) is 2. The van der Waals surface area contributed by atoms with Gasteiger partial charge in [0.05, 0.1) is 0 Å². The van der Waals surface area contributed by atoms with Crippen LogP contribution < -0.4 is 0 Å². The van der Waals surface area contributed by atoms with Crippen molar-refractivity contribution in [2.24, 2.45) is 0 Å². The molecule has 1 atom stereocenters. The Bertz CT molecular complexity index is 156. The highest BCUT2D eigenvalue weighted by molar-refractivity contribution is 7.46. The Morgan fingerprint density at radius 1 is 1.78 bits per heavy atom. The van der Waals surface area contributed by atoms with Crippen LogP contribution in [0.25, 0.3) is 0 Å². The van der Waals surface area contributed by atoms with E-state index in [9.17, 15) is 4.57 Å². The van der Waals surface area contributed by atoms with Crippen molar-refractivity contribution in [1.29, 1.82) is 0 Å². The van der Waals surface area contributed by atoms with E-state index >= 15 is 0 Å². The third-order valence-corrected chi connectivity index (χ3v) is 1.49. The summed E-state index contributed by atoms with van der Waals surface area (Å²) in [4.78, 5) is 16.4. The molecule has 1 heterocycles. The van der Waals surface area contributed by atoms with E-state index in [0.717, 1.165) is 0 Å². The first-order valence-corrected chi connectivity index (χ1v) is 3.85. The first kappa shape index (κ1) is 7.18. The quantitative estimate of drug-likeness (QED) is 0.426. The summed E-state index contributed by atoms with van der Waals surface area (Å²) in [7, 11) is -4.35. The number of phosphoric ester groups is 1. The summed E-state index contributed by atoms with van der Waals surface area (Å²) in [6.07, 6.45) is 0. The van der Waals surface area contributed by atoms with Gasteiger partial charge in [-0.2, -0.15) is 0 Å². The van der Waals surface area contributed by atoms with Crippen molar-refractivity contribution in [2.75, 3.05) is 6.61 Å². The SMILES string of the molecule is CC1(OP(=O)(O)O)CO1. The second-order valence-electron chi connectivity index (χ2n) is 2.00. The van der Waals surface area contributed by atoms with Crippen LogP contribution in [0.4, 0.5) is 0 Å². The van der Waals surface area contributed by atoms with E-state index in [0.29, 0.717) is 0 Å². The molecule has 0 spiro atoms. The lowest BCUT2D eigenvalue weighted by Gasteiger charge is -2.06. The van der Waals surface area contributed by atoms with Gasteiger partial charge in [-0.15, -0.1) is 0 Å². The van der Waals surface area contributed by atoms with Crippen molar-refractivity contribution in [1.82, 2.24) is 0 Å². The minimum absolute atomic E-state index is 0.248. The molecule has 1 unspecified atom stereocenters. The lowest BCUT2D eigenvalue weighted by Crippen LogP contribution is -2.07. The van der Waals surface area contributed by atoms with Crippen LogP contribution >= 0.6 is 7.82 Å². The summed E-state index contributed by atoms with van der Waals surface area (Å²) in [5.41, 5.74) is 0. The van der Waals surface area contributed by atoms with E-state index in [1.54, 1.807) is 0 Å². The average molecular weight is 154 g/mol. The molecule has 0 aliphatic carbocycles. The fraction of sp³-hybridized carbons (Fsp3) is 1.00. The van der Waals surface area contributed by atoms with Crippen molar-refractivity contribution in [3.63, 3.8) is 0 Å². The van der Waals surface area contributed by atoms with Crippen LogP contribution in [-0.2, 0) is 13.8 Å². The smallest absolute Gasteiger partial charge is 0.342 e. The molecule has 1 rings (SSSR count). The maximum atomic E-state index is 10.1. The Kier molecular flexibility index (Phi) is 1.42. The second kappa shape index (κ2) is 1.78. The highest BCUT2D eigenvalue weighted by atomic mass is 31.2. The highest BCUT2D eigenvalue weighted by Crippen LogP contribution is 2.46. The lowest BCUT2D eigenvalue weighted by molar-refractivity contribution is 0.0461. The van der Waals surface area contributed by atoms with Gasteiger partial charge >= 0.3 is 7.82 Å². The van der Waals surface area contributed by atoms with Crippen molar-refractivity contribution in [3.05, 3.63) is 0 Å². The Morgan fingerprint density at radius 2 is 2.22 bits per heavy atom. The zero-order valence-electron chi connectivity index (χ0n) is 4.77. The van der Waals surface area contributed by atoms with Crippen molar-refractivity contribution < 1.29 is 23.6 Å². The highest BCUT2D eigenvalue weighted by Gasteiger charge is 2.46. The molecule has 2 N–H and O–H groups in total. The third kappa shape index (κ3) is 2.43. The van der Waals surface area contributed by atoms with Gasteiger partial charge in [-0.1, -0.05) is 0 Å². The van der Waals surface area contributed by atoms with Crippen LogP contribution in [0, 0.1) is 0 Å². The molecule has 1 aliphatic rings. The predicted molar refractivity (Wildman–Crippen MR) is 27.5 cm³/mol. The fourth-order valence-corrected chi connectivity index (χ4v) is 1.01. The standard InChI is InChI=1S/C3H7O5P/c1-3(2-7-3)8-9(4,5)6/h2H2,1H3,(H2,4,5,6). The number of rotatable bonds is 2. The average Bonchev–Trinajstić information content (AvgIpc) is 2.12. The summed E-state index contributed by atoms with van der Waals surface area (Å²) < 4.78 is 18.8. The minimum atomic E-state index is -4.35. The zero-order valence-corrected chi connectivity index (χ0v) is 5.67. The monoisotopic (exact) mass is 154 g/mol.